The van der Waals surface area contributed by atoms with E-state index in [1.165, 1.54) is 0 Å². The summed E-state index contributed by atoms with van der Waals surface area (Å²) in [5.74, 6) is 1.57. The molecular weight excluding hydrogens is 268 g/mol. The summed E-state index contributed by atoms with van der Waals surface area (Å²) in [4.78, 5) is 0. The fourth-order valence-electron chi connectivity index (χ4n) is 1.47. The van der Waals surface area contributed by atoms with E-state index in [1.807, 2.05) is 6.08 Å². The van der Waals surface area contributed by atoms with Crippen LogP contribution >= 0.6 is 33.6 Å². The molecule has 0 bridgehead atoms. The van der Waals surface area contributed by atoms with Crippen LogP contribution in [0.4, 0.5) is 0 Å². The Balaban J connectivity index is 2.57. The molecule has 15 heavy (non-hydrogen) atoms. The highest BCUT2D eigenvalue weighted by molar-refractivity contribution is 8.78. The summed E-state index contributed by atoms with van der Waals surface area (Å²) in [6.07, 6.45) is 1.85. The molecule has 1 aliphatic rings. The van der Waals surface area contributed by atoms with Crippen LogP contribution in [0, 0.1) is 11.8 Å². The minimum atomic E-state index is -0.941. The lowest BCUT2D eigenvalue weighted by molar-refractivity contribution is 0.463. The molecule has 5 atom stereocenters. The van der Waals surface area contributed by atoms with Gasteiger partial charge in [-0.3, -0.25) is 4.21 Å². The monoisotopic (exact) mass is 284 g/mol. The van der Waals surface area contributed by atoms with Crippen LogP contribution in [0.5, 0.6) is 0 Å². The van der Waals surface area contributed by atoms with Crippen LogP contribution < -0.4 is 0 Å². The van der Waals surface area contributed by atoms with Gasteiger partial charge in [-0.15, -0.1) is 6.58 Å². The van der Waals surface area contributed by atoms with E-state index >= 15 is 0 Å². The van der Waals surface area contributed by atoms with Crippen molar-refractivity contribution < 1.29 is 8.76 Å². The van der Waals surface area contributed by atoms with Crippen molar-refractivity contribution in [2.75, 3.05) is 5.75 Å². The third-order valence-electron chi connectivity index (χ3n) is 2.60. The van der Waals surface area contributed by atoms with Crippen molar-refractivity contribution in [3.63, 3.8) is 0 Å². The van der Waals surface area contributed by atoms with E-state index in [2.05, 4.69) is 20.4 Å². The van der Waals surface area contributed by atoms with Gasteiger partial charge < -0.3 is 4.55 Å². The van der Waals surface area contributed by atoms with Crippen molar-refractivity contribution >= 4 is 44.4 Å². The molecule has 1 fully saturated rings. The van der Waals surface area contributed by atoms with Gasteiger partial charge in [-0.1, -0.05) is 41.5 Å². The lowest BCUT2D eigenvalue weighted by Crippen LogP contribution is -2.12. The summed E-state index contributed by atoms with van der Waals surface area (Å²) in [7, 11) is 2.41. The molecule has 0 aliphatic carbocycles. The summed E-state index contributed by atoms with van der Waals surface area (Å²) < 4.78 is 21.1. The highest BCUT2D eigenvalue weighted by Gasteiger charge is 2.45. The van der Waals surface area contributed by atoms with Gasteiger partial charge in [-0.05, 0) is 11.8 Å². The summed E-state index contributed by atoms with van der Waals surface area (Å²) >= 11 is 0.752. The topological polar surface area (TPSA) is 37.3 Å². The fraction of sp³-hybridized carbons (Fsp3) is 0.778. The first-order chi connectivity index (χ1) is 7.13. The minimum Gasteiger partial charge on any atom is -0.329 e. The zero-order chi connectivity index (χ0) is 11.4. The van der Waals surface area contributed by atoms with Crippen molar-refractivity contribution in [1.29, 1.82) is 0 Å². The molecule has 1 saturated heterocycles. The van der Waals surface area contributed by atoms with Gasteiger partial charge in [0.2, 0.25) is 0 Å². The Morgan fingerprint density at radius 1 is 1.40 bits per heavy atom. The molecule has 6 heteroatoms. The molecule has 1 aliphatic heterocycles. The molecule has 0 amide bonds. The average molecular weight is 284 g/mol. The van der Waals surface area contributed by atoms with Gasteiger partial charge in [0.05, 0.1) is 15.4 Å². The normalized spacial score (nSPS) is 40.6. The summed E-state index contributed by atoms with van der Waals surface area (Å²) in [5.41, 5.74) is 0. The van der Waals surface area contributed by atoms with Crippen LogP contribution in [0.1, 0.15) is 13.8 Å². The van der Waals surface area contributed by atoms with E-state index < -0.39 is 10.8 Å². The Hall–Kier alpha value is 0.900. The first kappa shape index (κ1) is 14.0. The maximum absolute atomic E-state index is 12.0. The second kappa shape index (κ2) is 6.59. The number of rotatable bonds is 5. The third kappa shape index (κ3) is 3.19. The van der Waals surface area contributed by atoms with Gasteiger partial charge in [0.1, 0.15) is 4.58 Å². The van der Waals surface area contributed by atoms with Crippen molar-refractivity contribution in [2.24, 2.45) is 11.8 Å². The van der Waals surface area contributed by atoms with Gasteiger partial charge in [0.25, 0.3) is 0 Å². The molecule has 0 aromatic heterocycles. The second-order valence-electron chi connectivity index (χ2n) is 3.56. The standard InChI is InChI=1S/C9H16O2S4/c1-4-5-12-14-9-7(3)6(2)8(13-10)15(9)11/h4,6-10H,1,5H2,2-3H3. The van der Waals surface area contributed by atoms with E-state index in [0.29, 0.717) is 11.8 Å². The highest BCUT2D eigenvalue weighted by Crippen LogP contribution is 2.47. The molecule has 0 spiro atoms. The van der Waals surface area contributed by atoms with Gasteiger partial charge in [-0.2, -0.15) is 0 Å². The van der Waals surface area contributed by atoms with Crippen molar-refractivity contribution in [1.82, 2.24) is 0 Å². The lowest BCUT2D eigenvalue weighted by Gasteiger charge is -2.14. The summed E-state index contributed by atoms with van der Waals surface area (Å²) in [5, 5.41) is 0. The second-order valence-corrected chi connectivity index (χ2v) is 9.10. The Morgan fingerprint density at radius 2 is 2.00 bits per heavy atom. The molecule has 2 nitrogen and oxygen atoms in total. The Labute approximate surface area is 106 Å². The Morgan fingerprint density at radius 3 is 2.47 bits per heavy atom. The smallest absolute Gasteiger partial charge is 0.110 e. The van der Waals surface area contributed by atoms with Gasteiger partial charge >= 0.3 is 0 Å². The van der Waals surface area contributed by atoms with Crippen LogP contribution in [0.15, 0.2) is 12.7 Å². The van der Waals surface area contributed by atoms with Crippen LogP contribution in [-0.4, -0.2) is 23.7 Å². The SMILES string of the molecule is C=CCSSC1C(C)C(C)C(SO)S1=O. The molecule has 1 heterocycles. The van der Waals surface area contributed by atoms with Gasteiger partial charge in [-0.25, -0.2) is 0 Å². The van der Waals surface area contributed by atoms with Gasteiger partial charge in [0, 0.05) is 17.8 Å². The Kier molecular flexibility index (Phi) is 6.13. The maximum atomic E-state index is 12.0. The first-order valence-electron chi connectivity index (χ1n) is 4.72. The minimum absolute atomic E-state index is 0.123. The van der Waals surface area contributed by atoms with Gasteiger partial charge in [0.15, 0.2) is 0 Å². The van der Waals surface area contributed by atoms with E-state index in [1.54, 1.807) is 21.6 Å². The van der Waals surface area contributed by atoms with E-state index in [9.17, 15) is 4.21 Å². The lowest BCUT2D eigenvalue weighted by atomic mass is 10.0. The predicted octanol–water partition coefficient (Wildman–Crippen LogP) is 3.45. The van der Waals surface area contributed by atoms with Crippen LogP contribution in [-0.2, 0) is 10.8 Å². The largest absolute Gasteiger partial charge is 0.329 e. The molecule has 5 unspecified atom stereocenters. The van der Waals surface area contributed by atoms with Crippen LogP contribution in [0.3, 0.4) is 0 Å². The summed E-state index contributed by atoms with van der Waals surface area (Å²) in [6, 6.07) is 0. The molecule has 1 N–H and O–H groups in total. The molecular formula is C9H16O2S4. The third-order valence-corrected chi connectivity index (χ3v) is 9.63. The van der Waals surface area contributed by atoms with Crippen molar-refractivity contribution in [3.05, 3.63) is 12.7 Å². The van der Waals surface area contributed by atoms with Crippen LogP contribution in [0.2, 0.25) is 0 Å². The molecule has 1 rings (SSSR count). The highest BCUT2D eigenvalue weighted by atomic mass is 33.1. The molecule has 0 saturated carbocycles. The van der Waals surface area contributed by atoms with E-state index in [4.69, 9.17) is 4.55 Å². The predicted molar refractivity (Wildman–Crippen MR) is 74.5 cm³/mol. The van der Waals surface area contributed by atoms with E-state index in [0.717, 1.165) is 17.8 Å². The number of hydrogen-bond acceptors (Lipinski definition) is 5. The summed E-state index contributed by atoms with van der Waals surface area (Å²) in [6.45, 7) is 7.84. The van der Waals surface area contributed by atoms with Crippen molar-refractivity contribution in [3.8, 4) is 0 Å². The molecule has 0 aromatic rings. The number of hydrogen-bond donors (Lipinski definition) is 1. The van der Waals surface area contributed by atoms with Crippen LogP contribution in [0.25, 0.3) is 0 Å². The van der Waals surface area contributed by atoms with Crippen molar-refractivity contribution in [2.45, 2.75) is 23.0 Å². The molecule has 88 valence electrons. The molecule has 0 radical (unpaired) electrons. The quantitative estimate of drug-likeness (QED) is 0.362. The molecule has 0 aromatic carbocycles. The fourth-order valence-corrected chi connectivity index (χ4v) is 8.48. The maximum Gasteiger partial charge on any atom is 0.110 e. The average Bonchev–Trinajstić information content (AvgIpc) is 2.42. The van der Waals surface area contributed by atoms with E-state index in [-0.39, 0.29) is 9.16 Å². The Bertz CT molecular complexity index is 246. The zero-order valence-electron chi connectivity index (χ0n) is 8.79. The first-order valence-corrected chi connectivity index (χ1v) is 9.21. The zero-order valence-corrected chi connectivity index (χ0v) is 12.1.